The van der Waals surface area contributed by atoms with Crippen LogP contribution in [0, 0.1) is 6.92 Å². The van der Waals surface area contributed by atoms with Crippen molar-refractivity contribution in [2.45, 2.75) is 13.8 Å². The molecule has 2 N–H and O–H groups in total. The van der Waals surface area contributed by atoms with Gasteiger partial charge in [-0.15, -0.1) is 0 Å². The molecule has 2 aromatic heterocycles. The molecule has 4 rings (SSSR count). The number of carbonyl (C=O) groups is 2. The van der Waals surface area contributed by atoms with Gasteiger partial charge in [0.05, 0.1) is 23.0 Å². The van der Waals surface area contributed by atoms with Crippen molar-refractivity contribution in [3.8, 4) is 5.82 Å². The summed E-state index contributed by atoms with van der Waals surface area (Å²) in [5, 5.41) is 10.9. The minimum Gasteiger partial charge on any atom is -0.326 e. The summed E-state index contributed by atoms with van der Waals surface area (Å²) in [4.78, 5) is 28.6. The molecule has 4 aromatic rings. The molecule has 7 heteroatoms. The number of rotatable bonds is 4. The zero-order valence-electron chi connectivity index (χ0n) is 16.0. The molecule has 0 aliphatic heterocycles. The number of aromatic nitrogens is 3. The Kier molecular flexibility index (Phi) is 4.78. The Labute approximate surface area is 167 Å². The lowest BCUT2D eigenvalue weighted by Crippen LogP contribution is -2.14. The first-order chi connectivity index (χ1) is 14.0. The van der Waals surface area contributed by atoms with Gasteiger partial charge in [-0.2, -0.15) is 5.10 Å². The van der Waals surface area contributed by atoms with Gasteiger partial charge in [-0.1, -0.05) is 24.3 Å². The number of hydrogen-bond acceptors (Lipinski definition) is 4. The second kappa shape index (κ2) is 7.55. The number of hydrogen-bond donors (Lipinski definition) is 2. The monoisotopic (exact) mass is 385 g/mol. The summed E-state index contributed by atoms with van der Waals surface area (Å²) < 4.78 is 1.65. The molecule has 0 fully saturated rings. The highest BCUT2D eigenvalue weighted by Gasteiger charge is 2.16. The van der Waals surface area contributed by atoms with Gasteiger partial charge in [0.15, 0.2) is 5.82 Å². The van der Waals surface area contributed by atoms with Gasteiger partial charge in [0.25, 0.3) is 5.91 Å². The van der Waals surface area contributed by atoms with E-state index in [1.54, 1.807) is 28.9 Å². The Morgan fingerprint density at radius 2 is 1.69 bits per heavy atom. The minimum absolute atomic E-state index is 0.173. The molecule has 0 atom stereocenters. The van der Waals surface area contributed by atoms with Crippen LogP contribution in [0.1, 0.15) is 23.0 Å². The van der Waals surface area contributed by atoms with Crippen LogP contribution in [0.5, 0.6) is 0 Å². The summed E-state index contributed by atoms with van der Waals surface area (Å²) in [5.41, 5.74) is 3.19. The Morgan fingerprint density at radius 1 is 0.931 bits per heavy atom. The lowest BCUT2D eigenvalue weighted by Gasteiger charge is -2.08. The smallest absolute Gasteiger partial charge is 0.259 e. The molecule has 0 spiro atoms. The van der Waals surface area contributed by atoms with Gasteiger partial charge in [0.2, 0.25) is 5.91 Å². The zero-order valence-corrected chi connectivity index (χ0v) is 16.0. The van der Waals surface area contributed by atoms with Gasteiger partial charge in [0.1, 0.15) is 0 Å². The van der Waals surface area contributed by atoms with E-state index in [1.807, 2.05) is 43.3 Å². The van der Waals surface area contributed by atoms with Gasteiger partial charge in [-0.3, -0.25) is 9.59 Å². The Hall–Kier alpha value is -4.00. The van der Waals surface area contributed by atoms with Crippen LogP contribution in [-0.2, 0) is 4.79 Å². The predicted molar refractivity (Wildman–Crippen MR) is 112 cm³/mol. The third-order valence-electron chi connectivity index (χ3n) is 4.50. The van der Waals surface area contributed by atoms with Crippen LogP contribution in [0.2, 0.25) is 0 Å². The standard InChI is InChI=1S/C22H19N5O2/c1-14-19(22(29)25-18-8-5-7-17(12-18)24-15(2)28)13-23-27(14)21-11-10-16-6-3-4-9-20(16)26-21/h3-13H,1-2H3,(H,24,28)(H,25,29). The molecule has 29 heavy (non-hydrogen) atoms. The molecule has 0 bridgehead atoms. The predicted octanol–water partition coefficient (Wildman–Crippen LogP) is 3.94. The molecule has 0 saturated heterocycles. The molecule has 0 unspecified atom stereocenters. The number of nitrogens with one attached hydrogen (secondary N) is 2. The van der Waals surface area contributed by atoms with E-state index in [0.717, 1.165) is 10.9 Å². The Morgan fingerprint density at radius 3 is 2.48 bits per heavy atom. The largest absolute Gasteiger partial charge is 0.326 e. The number of amides is 2. The number of pyridine rings is 1. The molecule has 0 aliphatic carbocycles. The van der Waals surface area contributed by atoms with Crippen LogP contribution in [0.3, 0.4) is 0 Å². The fraction of sp³-hybridized carbons (Fsp3) is 0.0909. The molecule has 2 amide bonds. The summed E-state index contributed by atoms with van der Waals surface area (Å²) >= 11 is 0. The Balaban J connectivity index is 1.59. The van der Waals surface area contributed by atoms with E-state index in [2.05, 4.69) is 20.7 Å². The number of nitrogens with zero attached hydrogens (tertiary/aromatic N) is 3. The highest BCUT2D eigenvalue weighted by Crippen LogP contribution is 2.19. The molecule has 2 heterocycles. The second-order valence-electron chi connectivity index (χ2n) is 6.63. The van der Waals surface area contributed by atoms with Crippen molar-refractivity contribution in [2.24, 2.45) is 0 Å². The SMILES string of the molecule is CC(=O)Nc1cccc(NC(=O)c2cnn(-c3ccc4ccccc4n3)c2C)c1. The van der Waals surface area contributed by atoms with Crippen LogP contribution in [0.25, 0.3) is 16.7 Å². The van der Waals surface area contributed by atoms with Crippen LogP contribution in [0.4, 0.5) is 11.4 Å². The molecule has 0 radical (unpaired) electrons. The van der Waals surface area contributed by atoms with Gasteiger partial charge in [-0.05, 0) is 43.3 Å². The molecule has 0 aliphatic rings. The van der Waals surface area contributed by atoms with Crippen LogP contribution in [-0.4, -0.2) is 26.6 Å². The summed E-state index contributed by atoms with van der Waals surface area (Å²) in [6, 6.07) is 18.7. The molecule has 144 valence electrons. The van der Waals surface area contributed by atoms with Gasteiger partial charge >= 0.3 is 0 Å². The fourth-order valence-electron chi connectivity index (χ4n) is 3.11. The highest BCUT2D eigenvalue weighted by molar-refractivity contribution is 6.05. The average Bonchev–Trinajstić information content (AvgIpc) is 3.09. The molecular formula is C22H19N5O2. The van der Waals surface area contributed by atoms with Crippen molar-refractivity contribution in [1.82, 2.24) is 14.8 Å². The van der Waals surface area contributed by atoms with E-state index in [0.29, 0.717) is 28.5 Å². The lowest BCUT2D eigenvalue weighted by molar-refractivity contribution is -0.114. The topological polar surface area (TPSA) is 88.9 Å². The maximum absolute atomic E-state index is 12.8. The summed E-state index contributed by atoms with van der Waals surface area (Å²) in [7, 11) is 0. The fourth-order valence-corrected chi connectivity index (χ4v) is 3.11. The summed E-state index contributed by atoms with van der Waals surface area (Å²) in [6.45, 7) is 3.26. The van der Waals surface area contributed by atoms with Crippen LogP contribution in [0.15, 0.2) is 66.9 Å². The molecule has 0 saturated carbocycles. The van der Waals surface area contributed by atoms with Crippen molar-refractivity contribution < 1.29 is 9.59 Å². The normalized spacial score (nSPS) is 10.7. The minimum atomic E-state index is -0.283. The van der Waals surface area contributed by atoms with E-state index in [9.17, 15) is 9.59 Å². The number of para-hydroxylation sites is 1. The first-order valence-corrected chi connectivity index (χ1v) is 9.11. The summed E-state index contributed by atoms with van der Waals surface area (Å²) in [5.74, 6) is 0.191. The first kappa shape index (κ1) is 18.4. The maximum atomic E-state index is 12.8. The number of benzene rings is 2. The number of fused-ring (bicyclic) bond motifs is 1. The van der Waals surface area contributed by atoms with Crippen molar-refractivity contribution in [1.29, 1.82) is 0 Å². The number of anilines is 2. The van der Waals surface area contributed by atoms with E-state index in [1.165, 1.54) is 13.1 Å². The van der Waals surface area contributed by atoms with E-state index in [4.69, 9.17) is 0 Å². The first-order valence-electron chi connectivity index (χ1n) is 9.11. The van der Waals surface area contributed by atoms with E-state index in [-0.39, 0.29) is 11.8 Å². The lowest BCUT2D eigenvalue weighted by atomic mass is 10.2. The van der Waals surface area contributed by atoms with Crippen molar-refractivity contribution in [3.05, 3.63) is 78.1 Å². The maximum Gasteiger partial charge on any atom is 0.259 e. The quantitative estimate of drug-likeness (QED) is 0.557. The van der Waals surface area contributed by atoms with Crippen molar-refractivity contribution >= 4 is 34.1 Å². The third kappa shape index (κ3) is 3.84. The molecule has 2 aromatic carbocycles. The zero-order chi connectivity index (χ0) is 20.4. The van der Waals surface area contributed by atoms with Gasteiger partial charge < -0.3 is 10.6 Å². The highest BCUT2D eigenvalue weighted by atomic mass is 16.2. The summed E-state index contributed by atoms with van der Waals surface area (Å²) in [6.07, 6.45) is 1.53. The van der Waals surface area contributed by atoms with Gasteiger partial charge in [-0.25, -0.2) is 9.67 Å². The van der Waals surface area contributed by atoms with Gasteiger partial charge in [0, 0.05) is 23.7 Å². The third-order valence-corrected chi connectivity index (χ3v) is 4.50. The second-order valence-corrected chi connectivity index (χ2v) is 6.63. The van der Waals surface area contributed by atoms with Crippen molar-refractivity contribution in [3.63, 3.8) is 0 Å². The van der Waals surface area contributed by atoms with Crippen LogP contribution >= 0.6 is 0 Å². The van der Waals surface area contributed by atoms with Crippen LogP contribution < -0.4 is 10.6 Å². The molecular weight excluding hydrogens is 366 g/mol. The molecule has 7 nitrogen and oxygen atoms in total. The van der Waals surface area contributed by atoms with E-state index >= 15 is 0 Å². The van der Waals surface area contributed by atoms with Crippen molar-refractivity contribution in [2.75, 3.05) is 10.6 Å². The Bertz CT molecular complexity index is 1230. The average molecular weight is 385 g/mol. The van der Waals surface area contributed by atoms with E-state index < -0.39 is 0 Å². The number of carbonyl (C=O) groups excluding carboxylic acids is 2.